The molecule has 16 heavy (non-hydrogen) atoms. The van der Waals surface area contributed by atoms with Crippen LogP contribution in [0, 0.1) is 0 Å². The fraction of sp³-hybridized carbons (Fsp3) is 0.400. The Morgan fingerprint density at radius 1 is 1.38 bits per heavy atom. The highest BCUT2D eigenvalue weighted by Crippen LogP contribution is 2.15. The molecule has 0 unspecified atom stereocenters. The van der Waals surface area contributed by atoms with Crippen LogP contribution in [0.5, 0.6) is 0 Å². The fourth-order valence-electron chi connectivity index (χ4n) is 1.07. The highest BCUT2D eigenvalue weighted by molar-refractivity contribution is 5.94. The molecular weight excluding hydrogens is 212 g/mol. The van der Waals surface area contributed by atoms with Crippen molar-refractivity contribution in [3.63, 3.8) is 0 Å². The molecule has 6 nitrogen and oxygen atoms in total. The number of hydrogen-bond acceptors (Lipinski definition) is 4. The van der Waals surface area contributed by atoms with Crippen LogP contribution >= 0.6 is 0 Å². The molecule has 1 aromatic heterocycles. The van der Waals surface area contributed by atoms with Gasteiger partial charge in [0.1, 0.15) is 11.2 Å². The number of ether oxygens (including phenoxy) is 1. The molecule has 0 saturated carbocycles. The number of rotatable bonds is 1. The first kappa shape index (κ1) is 12.1. The Morgan fingerprint density at radius 2 is 1.94 bits per heavy atom. The van der Waals surface area contributed by atoms with Gasteiger partial charge in [0.2, 0.25) is 0 Å². The molecule has 0 atom stereocenters. The molecule has 0 bridgehead atoms. The molecule has 1 heterocycles. The zero-order chi connectivity index (χ0) is 12.5. The average molecular weight is 226 g/mol. The van der Waals surface area contributed by atoms with E-state index < -0.39 is 17.7 Å². The number of carboxylic acid groups (broad SMARTS) is 1. The molecular formula is C10H14N2O4. The predicted octanol–water partition coefficient (Wildman–Crippen LogP) is 1.55. The summed E-state index contributed by atoms with van der Waals surface area (Å²) < 4.78 is 6.07. The number of nitrogens with two attached hydrogens (primary N) is 1. The van der Waals surface area contributed by atoms with E-state index in [1.165, 1.54) is 6.20 Å². The van der Waals surface area contributed by atoms with Crippen molar-refractivity contribution < 1.29 is 19.4 Å². The molecule has 0 aromatic carbocycles. The van der Waals surface area contributed by atoms with Gasteiger partial charge in [0.05, 0.1) is 5.69 Å². The summed E-state index contributed by atoms with van der Waals surface area (Å²) in [5, 5.41) is 8.75. The lowest BCUT2D eigenvalue weighted by Gasteiger charge is -2.19. The van der Waals surface area contributed by atoms with Gasteiger partial charge in [-0.05, 0) is 20.8 Å². The highest BCUT2D eigenvalue weighted by atomic mass is 16.6. The number of nitrogens with zero attached hydrogens (tertiary/aromatic N) is 1. The van der Waals surface area contributed by atoms with Crippen molar-refractivity contribution in [2.24, 2.45) is 0 Å². The fourth-order valence-corrected chi connectivity index (χ4v) is 1.07. The summed E-state index contributed by atoms with van der Waals surface area (Å²) in [5.74, 6) is -1.18. The molecule has 3 N–H and O–H groups in total. The van der Waals surface area contributed by atoms with Gasteiger partial charge in [0.25, 0.3) is 0 Å². The minimum atomic E-state index is -1.18. The van der Waals surface area contributed by atoms with Crippen LogP contribution in [0.4, 0.5) is 10.5 Å². The van der Waals surface area contributed by atoms with Crippen LogP contribution in [0.15, 0.2) is 12.4 Å². The molecule has 6 heteroatoms. The molecule has 0 amide bonds. The second kappa shape index (κ2) is 3.88. The van der Waals surface area contributed by atoms with E-state index in [-0.39, 0.29) is 11.3 Å². The van der Waals surface area contributed by atoms with Crippen molar-refractivity contribution in [1.29, 1.82) is 0 Å². The number of aromatic carboxylic acids is 1. The Hall–Kier alpha value is -1.98. The van der Waals surface area contributed by atoms with Crippen LogP contribution in [-0.2, 0) is 4.74 Å². The van der Waals surface area contributed by atoms with Gasteiger partial charge in [-0.3, -0.25) is 4.57 Å². The maximum Gasteiger partial charge on any atom is 0.418 e. The number of carboxylic acids is 1. The smallest absolute Gasteiger partial charge is 0.418 e. The van der Waals surface area contributed by atoms with Crippen LogP contribution in [0.25, 0.3) is 0 Å². The highest BCUT2D eigenvalue weighted by Gasteiger charge is 2.20. The molecule has 1 rings (SSSR count). The van der Waals surface area contributed by atoms with Crippen molar-refractivity contribution in [2.45, 2.75) is 26.4 Å². The van der Waals surface area contributed by atoms with Gasteiger partial charge in [-0.2, -0.15) is 0 Å². The molecule has 0 aliphatic heterocycles. The summed E-state index contributed by atoms with van der Waals surface area (Å²) in [5.41, 5.74) is 4.70. The van der Waals surface area contributed by atoms with Crippen molar-refractivity contribution in [3.05, 3.63) is 18.0 Å². The summed E-state index contributed by atoms with van der Waals surface area (Å²) in [4.78, 5) is 22.2. The van der Waals surface area contributed by atoms with Crippen molar-refractivity contribution in [2.75, 3.05) is 5.73 Å². The molecule has 88 valence electrons. The van der Waals surface area contributed by atoms with Gasteiger partial charge in [-0.1, -0.05) is 0 Å². The van der Waals surface area contributed by atoms with E-state index >= 15 is 0 Å². The van der Waals surface area contributed by atoms with E-state index in [2.05, 4.69) is 0 Å². The maximum atomic E-state index is 11.5. The van der Waals surface area contributed by atoms with Crippen LogP contribution in [-0.4, -0.2) is 27.3 Å². The van der Waals surface area contributed by atoms with Crippen molar-refractivity contribution >= 4 is 17.7 Å². The Balaban J connectivity index is 2.94. The van der Waals surface area contributed by atoms with Crippen molar-refractivity contribution in [3.8, 4) is 0 Å². The Morgan fingerprint density at radius 3 is 2.31 bits per heavy atom. The molecule has 0 radical (unpaired) electrons. The molecule has 0 saturated heterocycles. The van der Waals surface area contributed by atoms with Crippen LogP contribution in [0.1, 0.15) is 31.1 Å². The van der Waals surface area contributed by atoms with Crippen LogP contribution in [0.2, 0.25) is 0 Å². The quantitative estimate of drug-likeness (QED) is 0.757. The minimum Gasteiger partial charge on any atom is -0.478 e. The third kappa shape index (κ3) is 2.75. The topological polar surface area (TPSA) is 94.5 Å². The SMILES string of the molecule is CC(C)(C)OC(=O)n1cc(N)c(C(=O)O)c1. The molecule has 0 aliphatic rings. The molecule has 0 fully saturated rings. The first-order chi connectivity index (χ1) is 7.20. The molecule has 0 spiro atoms. The van der Waals surface area contributed by atoms with E-state index in [0.29, 0.717) is 0 Å². The largest absolute Gasteiger partial charge is 0.478 e. The molecule has 0 aliphatic carbocycles. The first-order valence-electron chi connectivity index (χ1n) is 4.65. The lowest BCUT2D eigenvalue weighted by atomic mass is 10.2. The van der Waals surface area contributed by atoms with Gasteiger partial charge in [-0.25, -0.2) is 9.59 Å². The lowest BCUT2D eigenvalue weighted by molar-refractivity contribution is 0.0537. The zero-order valence-corrected chi connectivity index (χ0v) is 9.35. The van der Waals surface area contributed by atoms with E-state index in [9.17, 15) is 9.59 Å². The predicted molar refractivity (Wildman–Crippen MR) is 57.4 cm³/mol. The number of carbonyl (C=O) groups is 2. The second-order valence-electron chi connectivity index (χ2n) is 4.32. The molecule has 1 aromatic rings. The van der Waals surface area contributed by atoms with E-state index in [1.807, 2.05) is 0 Å². The van der Waals surface area contributed by atoms with E-state index in [4.69, 9.17) is 15.6 Å². The zero-order valence-electron chi connectivity index (χ0n) is 9.35. The number of hydrogen-bond donors (Lipinski definition) is 2. The summed E-state index contributed by atoms with van der Waals surface area (Å²) >= 11 is 0. The number of nitrogen functional groups attached to an aromatic ring is 1. The first-order valence-corrected chi connectivity index (χ1v) is 4.65. The summed E-state index contributed by atoms with van der Waals surface area (Å²) in [7, 11) is 0. The van der Waals surface area contributed by atoms with Gasteiger partial charge < -0.3 is 15.6 Å². The van der Waals surface area contributed by atoms with Crippen molar-refractivity contribution in [1.82, 2.24) is 4.57 Å². The maximum absolute atomic E-state index is 11.5. The van der Waals surface area contributed by atoms with Crippen LogP contribution < -0.4 is 5.73 Å². The Kier molecular flexibility index (Phi) is 2.93. The van der Waals surface area contributed by atoms with Gasteiger partial charge in [0.15, 0.2) is 0 Å². The second-order valence-corrected chi connectivity index (χ2v) is 4.32. The third-order valence-corrected chi connectivity index (χ3v) is 1.69. The van der Waals surface area contributed by atoms with E-state index in [0.717, 1.165) is 10.8 Å². The minimum absolute atomic E-state index is 0.0263. The van der Waals surface area contributed by atoms with Gasteiger partial charge in [0, 0.05) is 12.4 Å². The van der Waals surface area contributed by atoms with Crippen LogP contribution in [0.3, 0.4) is 0 Å². The lowest BCUT2D eigenvalue weighted by Crippen LogP contribution is -2.26. The summed E-state index contributed by atoms with van der Waals surface area (Å²) in [6, 6.07) is 0. The summed E-state index contributed by atoms with van der Waals surface area (Å²) in [6.45, 7) is 5.15. The number of anilines is 1. The van der Waals surface area contributed by atoms with E-state index in [1.54, 1.807) is 20.8 Å². The number of carbonyl (C=O) groups excluding carboxylic acids is 1. The Bertz CT molecular complexity index is 429. The van der Waals surface area contributed by atoms with Gasteiger partial charge >= 0.3 is 12.1 Å². The Labute approximate surface area is 92.6 Å². The standard InChI is InChI=1S/C10H14N2O4/c1-10(2,3)16-9(15)12-4-6(8(13)14)7(11)5-12/h4-5H,11H2,1-3H3,(H,13,14). The average Bonchev–Trinajstić information content (AvgIpc) is 2.44. The normalized spacial score (nSPS) is 11.2. The third-order valence-electron chi connectivity index (χ3n) is 1.69. The number of aromatic nitrogens is 1. The van der Waals surface area contributed by atoms with Gasteiger partial charge in [-0.15, -0.1) is 0 Å². The monoisotopic (exact) mass is 226 g/mol. The summed E-state index contributed by atoms with van der Waals surface area (Å²) in [6.07, 6.45) is 1.69.